The second-order valence-electron chi connectivity index (χ2n) is 11.4. The number of hydrogen-bond donors (Lipinski definition) is 3. The largest absolute Gasteiger partial charge is 0.490 e. The van der Waals surface area contributed by atoms with Gasteiger partial charge in [-0.2, -0.15) is 18.3 Å². The first kappa shape index (κ1) is 28.7. The Morgan fingerprint density at radius 1 is 1.02 bits per heavy atom. The number of H-pyrrole nitrogens is 1. The highest BCUT2D eigenvalue weighted by atomic mass is 19.4. The summed E-state index contributed by atoms with van der Waals surface area (Å²) in [5.41, 5.74) is 7.38. The molecule has 1 amide bonds. The molecule has 0 radical (unpaired) electrons. The van der Waals surface area contributed by atoms with Gasteiger partial charge in [-0.15, -0.1) is 0 Å². The molecule has 2 aliphatic heterocycles. The van der Waals surface area contributed by atoms with Gasteiger partial charge in [0.05, 0.1) is 16.6 Å². The molecule has 7 rings (SSSR count). The molecule has 0 unspecified atom stereocenters. The standard InChI is InChI=1S/C31H30N4O.C2HF3O2/c36-30-31(25-6-2-3-7-28(25)32-30)19-26(31)23-13-14-24-27(33-34-29(24)18-23)15-12-21-8-10-22(11-9-21)20-35-16-4-1-5-17-35;3-2(4,5)1(6)7/h2-3,6-15,18,26H,1,4-5,16-17,19-20H2,(H,32,36)(H,33,34);(H,6,7)/t26-,31-;/m0./s1. The number of nitrogens with zero attached hydrogens (tertiary/aromatic N) is 2. The molecule has 1 spiro atoms. The monoisotopic (exact) mass is 588 g/mol. The summed E-state index contributed by atoms with van der Waals surface area (Å²) in [5.74, 6) is -2.42. The lowest BCUT2D eigenvalue weighted by Gasteiger charge is -2.26. The molecule has 3 heterocycles. The Hall–Kier alpha value is -4.44. The minimum absolute atomic E-state index is 0.129. The molecule has 2 atom stereocenters. The predicted octanol–water partition coefficient (Wildman–Crippen LogP) is 6.73. The predicted molar refractivity (Wildman–Crippen MR) is 158 cm³/mol. The number of hydrogen-bond acceptors (Lipinski definition) is 4. The van der Waals surface area contributed by atoms with Crippen molar-refractivity contribution in [3.63, 3.8) is 0 Å². The number of carboxylic acids is 1. The molecule has 4 aromatic rings. The van der Waals surface area contributed by atoms with E-state index < -0.39 is 17.6 Å². The van der Waals surface area contributed by atoms with E-state index in [-0.39, 0.29) is 11.8 Å². The minimum atomic E-state index is -5.08. The lowest BCUT2D eigenvalue weighted by Crippen LogP contribution is -2.28. The number of likely N-dealkylation sites (tertiary alicyclic amines) is 1. The molecule has 1 saturated carbocycles. The second kappa shape index (κ2) is 11.3. The Balaban J connectivity index is 0.000000423. The molecule has 3 aromatic carbocycles. The Labute approximate surface area is 246 Å². The molecular formula is C33H31F3N4O3. The number of piperidine rings is 1. The van der Waals surface area contributed by atoms with E-state index in [0.717, 1.165) is 40.8 Å². The maximum Gasteiger partial charge on any atom is 0.490 e. The van der Waals surface area contributed by atoms with E-state index in [0.29, 0.717) is 0 Å². The molecule has 2 fully saturated rings. The number of amides is 1. The van der Waals surface area contributed by atoms with Crippen molar-refractivity contribution in [2.24, 2.45) is 0 Å². The van der Waals surface area contributed by atoms with Gasteiger partial charge >= 0.3 is 12.1 Å². The highest BCUT2D eigenvalue weighted by molar-refractivity contribution is 6.09. The highest BCUT2D eigenvalue weighted by Crippen LogP contribution is 2.65. The van der Waals surface area contributed by atoms with Crippen LogP contribution in [0.25, 0.3) is 23.1 Å². The number of aromatic nitrogens is 2. The summed E-state index contributed by atoms with van der Waals surface area (Å²) in [5, 5.41) is 19.1. The second-order valence-corrected chi connectivity index (χ2v) is 11.4. The van der Waals surface area contributed by atoms with E-state index in [1.54, 1.807) is 0 Å². The zero-order valence-corrected chi connectivity index (χ0v) is 23.3. The van der Waals surface area contributed by atoms with Crippen LogP contribution in [0, 0.1) is 0 Å². The number of fused-ring (bicyclic) bond motifs is 3. The first-order chi connectivity index (χ1) is 20.6. The quantitative estimate of drug-likeness (QED) is 0.240. The number of carbonyl (C=O) groups is 2. The van der Waals surface area contributed by atoms with Gasteiger partial charge in [0, 0.05) is 23.5 Å². The molecule has 43 heavy (non-hydrogen) atoms. The zero-order chi connectivity index (χ0) is 30.2. The number of rotatable bonds is 5. The molecule has 3 aliphatic rings. The van der Waals surface area contributed by atoms with Crippen molar-refractivity contribution in [2.45, 2.75) is 49.7 Å². The van der Waals surface area contributed by atoms with Crippen molar-refractivity contribution in [1.29, 1.82) is 0 Å². The number of nitrogens with one attached hydrogen (secondary N) is 2. The van der Waals surface area contributed by atoms with E-state index in [1.807, 2.05) is 18.2 Å². The fraction of sp³-hybridized carbons (Fsp3) is 0.303. The number of halogens is 3. The van der Waals surface area contributed by atoms with E-state index in [9.17, 15) is 18.0 Å². The Bertz CT molecular complexity index is 1690. The van der Waals surface area contributed by atoms with Crippen molar-refractivity contribution >= 4 is 40.6 Å². The molecule has 222 valence electrons. The average molecular weight is 589 g/mol. The van der Waals surface area contributed by atoms with Gasteiger partial charge < -0.3 is 10.4 Å². The fourth-order valence-electron chi connectivity index (χ4n) is 6.24. The summed E-state index contributed by atoms with van der Waals surface area (Å²) in [7, 11) is 0. The van der Waals surface area contributed by atoms with Crippen molar-refractivity contribution in [2.75, 3.05) is 18.4 Å². The summed E-state index contributed by atoms with van der Waals surface area (Å²) in [4.78, 5) is 24.3. The van der Waals surface area contributed by atoms with Gasteiger partial charge in [0.15, 0.2) is 0 Å². The van der Waals surface area contributed by atoms with Crippen LogP contribution in [0.2, 0.25) is 0 Å². The third-order valence-corrected chi connectivity index (χ3v) is 8.55. The van der Waals surface area contributed by atoms with Crippen LogP contribution < -0.4 is 5.32 Å². The van der Waals surface area contributed by atoms with Crippen LogP contribution in [0.4, 0.5) is 18.9 Å². The number of carboxylic acid groups (broad SMARTS) is 1. The van der Waals surface area contributed by atoms with Gasteiger partial charge in [0.2, 0.25) is 5.91 Å². The van der Waals surface area contributed by atoms with Crippen molar-refractivity contribution < 1.29 is 27.9 Å². The number of anilines is 1. The zero-order valence-electron chi connectivity index (χ0n) is 23.3. The molecule has 0 bridgehead atoms. The lowest BCUT2D eigenvalue weighted by atomic mass is 9.92. The topological polar surface area (TPSA) is 98.3 Å². The third-order valence-electron chi connectivity index (χ3n) is 8.55. The minimum Gasteiger partial charge on any atom is -0.475 e. The van der Waals surface area contributed by atoms with Gasteiger partial charge in [-0.05, 0) is 72.8 Å². The lowest BCUT2D eigenvalue weighted by molar-refractivity contribution is -0.192. The van der Waals surface area contributed by atoms with E-state index >= 15 is 0 Å². The normalized spacial score (nSPS) is 21.5. The van der Waals surface area contributed by atoms with Crippen LogP contribution >= 0.6 is 0 Å². The molecule has 1 aliphatic carbocycles. The van der Waals surface area contributed by atoms with Gasteiger partial charge in [-0.1, -0.05) is 67.1 Å². The number of alkyl halides is 3. The number of carbonyl (C=O) groups excluding carboxylic acids is 1. The number of benzene rings is 3. The molecule has 7 nitrogen and oxygen atoms in total. The first-order valence-corrected chi connectivity index (χ1v) is 14.3. The van der Waals surface area contributed by atoms with Crippen LogP contribution in [0.15, 0.2) is 66.7 Å². The Morgan fingerprint density at radius 3 is 2.47 bits per heavy atom. The third kappa shape index (κ3) is 5.79. The van der Waals surface area contributed by atoms with Gasteiger partial charge in [0.1, 0.15) is 0 Å². The maximum atomic E-state index is 12.9. The van der Waals surface area contributed by atoms with Gasteiger partial charge in [0.25, 0.3) is 0 Å². The SMILES string of the molecule is O=C(O)C(F)(F)F.O=C1Nc2ccccc2[C@]12C[C@H]2c1ccc2c(C=Cc3ccc(CN4CCCCC4)cc3)n[nH]c2c1. The van der Waals surface area contributed by atoms with E-state index in [4.69, 9.17) is 9.90 Å². The molecule has 10 heteroatoms. The van der Waals surface area contributed by atoms with Crippen LogP contribution in [0.5, 0.6) is 0 Å². The Morgan fingerprint density at radius 2 is 1.74 bits per heavy atom. The summed E-state index contributed by atoms with van der Waals surface area (Å²) in [6.07, 6.45) is 4.00. The molecule has 3 N–H and O–H groups in total. The van der Waals surface area contributed by atoms with Crippen molar-refractivity contribution in [3.05, 3.63) is 94.7 Å². The van der Waals surface area contributed by atoms with Crippen molar-refractivity contribution in [1.82, 2.24) is 15.1 Å². The Kier molecular flexibility index (Phi) is 7.56. The number of aromatic amines is 1. The highest BCUT2D eigenvalue weighted by Gasteiger charge is 2.65. The fourth-order valence-corrected chi connectivity index (χ4v) is 6.24. The summed E-state index contributed by atoms with van der Waals surface area (Å²) in [6, 6.07) is 23.4. The molecule has 1 saturated heterocycles. The van der Waals surface area contributed by atoms with Gasteiger partial charge in [-0.3, -0.25) is 14.8 Å². The van der Waals surface area contributed by atoms with Crippen LogP contribution in [0.3, 0.4) is 0 Å². The number of para-hydroxylation sites is 1. The van der Waals surface area contributed by atoms with Crippen LogP contribution in [-0.4, -0.2) is 51.3 Å². The molecule has 1 aromatic heterocycles. The van der Waals surface area contributed by atoms with Gasteiger partial charge in [-0.25, -0.2) is 4.79 Å². The molecular weight excluding hydrogens is 557 g/mol. The van der Waals surface area contributed by atoms with E-state index in [1.165, 1.54) is 49.0 Å². The van der Waals surface area contributed by atoms with E-state index in [2.05, 4.69) is 81.1 Å². The summed E-state index contributed by atoms with van der Waals surface area (Å²) >= 11 is 0. The maximum absolute atomic E-state index is 12.9. The first-order valence-electron chi connectivity index (χ1n) is 14.3. The summed E-state index contributed by atoms with van der Waals surface area (Å²) in [6.45, 7) is 3.49. The summed E-state index contributed by atoms with van der Waals surface area (Å²) < 4.78 is 31.7. The average Bonchev–Trinajstić information content (AvgIpc) is 3.53. The van der Waals surface area contributed by atoms with Crippen LogP contribution in [0.1, 0.15) is 59.5 Å². The van der Waals surface area contributed by atoms with Crippen LogP contribution in [-0.2, 0) is 21.5 Å². The number of aliphatic carboxylic acids is 1. The van der Waals surface area contributed by atoms with Crippen molar-refractivity contribution in [3.8, 4) is 0 Å². The smallest absolute Gasteiger partial charge is 0.475 e.